The predicted octanol–water partition coefficient (Wildman–Crippen LogP) is 3.35. The van der Waals surface area contributed by atoms with Gasteiger partial charge in [0.1, 0.15) is 5.82 Å². The Labute approximate surface area is 110 Å². The number of hydrogen-bond acceptors (Lipinski definition) is 2. The van der Waals surface area contributed by atoms with Gasteiger partial charge in [0.15, 0.2) is 5.78 Å². The number of rotatable bonds is 1. The molecule has 3 heteroatoms. The first-order valence-electron chi connectivity index (χ1n) is 6.10. The Morgan fingerprint density at radius 1 is 1.32 bits per heavy atom. The lowest BCUT2D eigenvalue weighted by atomic mass is 10.1. The van der Waals surface area contributed by atoms with Crippen molar-refractivity contribution in [1.82, 2.24) is 4.98 Å². The summed E-state index contributed by atoms with van der Waals surface area (Å²) in [5.41, 5.74) is 3.87. The van der Waals surface area contributed by atoms with E-state index in [1.165, 1.54) is 12.1 Å². The molecule has 0 bridgehead atoms. The normalized spacial score (nSPS) is 15.9. The van der Waals surface area contributed by atoms with Crippen LogP contribution in [0.3, 0.4) is 0 Å². The van der Waals surface area contributed by atoms with Gasteiger partial charge in [-0.15, -0.1) is 0 Å². The van der Waals surface area contributed by atoms with Crippen molar-refractivity contribution in [2.75, 3.05) is 0 Å². The lowest BCUT2D eigenvalue weighted by molar-refractivity contribution is 0.104. The van der Waals surface area contributed by atoms with Gasteiger partial charge < -0.3 is 0 Å². The number of aromatic nitrogens is 1. The van der Waals surface area contributed by atoms with Crippen molar-refractivity contribution < 1.29 is 9.18 Å². The highest BCUT2D eigenvalue weighted by Crippen LogP contribution is 2.28. The minimum absolute atomic E-state index is 0.0854. The highest BCUT2D eigenvalue weighted by molar-refractivity contribution is 6.15. The van der Waals surface area contributed by atoms with E-state index in [4.69, 9.17) is 0 Å². The molecule has 3 rings (SSSR count). The number of Topliss-reactive ketones (excluding diaryl/α,β-unsaturated/α-hetero) is 1. The quantitative estimate of drug-likeness (QED) is 0.729. The molecule has 0 atom stereocenters. The number of aryl methyl sites for hydroxylation is 1. The van der Waals surface area contributed by atoms with Crippen molar-refractivity contribution in [1.29, 1.82) is 0 Å². The van der Waals surface area contributed by atoms with Gasteiger partial charge in [-0.2, -0.15) is 0 Å². The van der Waals surface area contributed by atoms with Crippen LogP contribution < -0.4 is 0 Å². The molecule has 1 aromatic heterocycles. The van der Waals surface area contributed by atoms with Crippen LogP contribution >= 0.6 is 0 Å². The predicted molar refractivity (Wildman–Crippen MR) is 71.4 cm³/mol. The average molecular weight is 253 g/mol. The molecule has 2 aromatic rings. The van der Waals surface area contributed by atoms with Gasteiger partial charge in [0.05, 0.1) is 0 Å². The van der Waals surface area contributed by atoms with Gasteiger partial charge in [-0.3, -0.25) is 9.78 Å². The highest BCUT2D eigenvalue weighted by atomic mass is 19.1. The zero-order valence-electron chi connectivity index (χ0n) is 10.5. The first-order chi connectivity index (χ1) is 9.15. The zero-order valence-corrected chi connectivity index (χ0v) is 10.5. The van der Waals surface area contributed by atoms with E-state index in [2.05, 4.69) is 4.98 Å². The Kier molecular flexibility index (Phi) is 2.75. The summed E-state index contributed by atoms with van der Waals surface area (Å²) in [6.07, 6.45) is 4.13. The third kappa shape index (κ3) is 2.08. The van der Waals surface area contributed by atoms with E-state index in [-0.39, 0.29) is 11.6 Å². The Balaban J connectivity index is 2.03. The molecular formula is C16H12FNO. The minimum Gasteiger partial charge on any atom is -0.289 e. The second kappa shape index (κ2) is 4.43. The molecule has 0 N–H and O–H groups in total. The molecule has 94 valence electrons. The molecule has 0 saturated heterocycles. The molecule has 1 heterocycles. The third-order valence-corrected chi connectivity index (χ3v) is 3.37. The number of nitrogens with zero attached hydrogens (tertiary/aromatic N) is 1. The summed E-state index contributed by atoms with van der Waals surface area (Å²) in [5.74, 6) is -0.455. The first-order valence-corrected chi connectivity index (χ1v) is 6.10. The molecule has 0 aliphatic heterocycles. The van der Waals surface area contributed by atoms with Crippen LogP contribution in [0.2, 0.25) is 0 Å². The van der Waals surface area contributed by atoms with Crippen LogP contribution in [-0.2, 0) is 6.42 Å². The smallest absolute Gasteiger partial charge is 0.189 e. The monoisotopic (exact) mass is 253 g/mol. The standard InChI is InChI=1S/C16H12FNO/c1-10-11(3-2-6-18-10)7-13-8-12-4-5-14(17)9-15(12)16(13)19/h2-7,9H,8H2,1H3. The van der Waals surface area contributed by atoms with Gasteiger partial charge in [0.2, 0.25) is 0 Å². The summed E-state index contributed by atoms with van der Waals surface area (Å²) >= 11 is 0. The Morgan fingerprint density at radius 2 is 2.16 bits per heavy atom. The number of pyridine rings is 1. The summed E-state index contributed by atoms with van der Waals surface area (Å²) in [6.45, 7) is 1.90. The number of carbonyl (C=O) groups is 1. The molecule has 1 aliphatic rings. The summed E-state index contributed by atoms with van der Waals surface area (Å²) in [7, 11) is 0. The summed E-state index contributed by atoms with van der Waals surface area (Å²) in [5, 5.41) is 0. The Morgan fingerprint density at radius 3 is 2.95 bits per heavy atom. The van der Waals surface area contributed by atoms with Crippen LogP contribution in [0.5, 0.6) is 0 Å². The fourth-order valence-corrected chi connectivity index (χ4v) is 2.33. The van der Waals surface area contributed by atoms with E-state index >= 15 is 0 Å². The fraction of sp³-hybridized carbons (Fsp3) is 0.125. The van der Waals surface area contributed by atoms with E-state index in [0.717, 1.165) is 16.8 Å². The van der Waals surface area contributed by atoms with Crippen molar-refractivity contribution >= 4 is 11.9 Å². The summed E-state index contributed by atoms with van der Waals surface area (Å²) in [4.78, 5) is 16.4. The summed E-state index contributed by atoms with van der Waals surface area (Å²) in [6, 6.07) is 8.15. The molecule has 0 saturated carbocycles. The molecule has 0 spiro atoms. The Bertz CT molecular complexity index is 704. The largest absolute Gasteiger partial charge is 0.289 e. The molecule has 0 fully saturated rings. The van der Waals surface area contributed by atoms with Crippen molar-refractivity contribution in [3.8, 4) is 0 Å². The third-order valence-electron chi connectivity index (χ3n) is 3.37. The van der Waals surface area contributed by atoms with Crippen molar-refractivity contribution in [2.45, 2.75) is 13.3 Å². The highest BCUT2D eigenvalue weighted by Gasteiger charge is 2.25. The van der Waals surface area contributed by atoms with E-state index in [0.29, 0.717) is 17.6 Å². The van der Waals surface area contributed by atoms with Crippen LogP contribution in [0.4, 0.5) is 4.39 Å². The lowest BCUT2D eigenvalue weighted by Gasteiger charge is -1.99. The van der Waals surface area contributed by atoms with Crippen LogP contribution in [0.25, 0.3) is 6.08 Å². The van der Waals surface area contributed by atoms with Crippen molar-refractivity contribution in [3.05, 3.63) is 70.3 Å². The molecule has 19 heavy (non-hydrogen) atoms. The molecule has 0 unspecified atom stereocenters. The van der Waals surface area contributed by atoms with Gasteiger partial charge in [-0.25, -0.2) is 4.39 Å². The maximum Gasteiger partial charge on any atom is 0.189 e. The number of halogens is 1. The van der Waals surface area contributed by atoms with Crippen LogP contribution in [0, 0.1) is 12.7 Å². The molecule has 1 aromatic carbocycles. The van der Waals surface area contributed by atoms with E-state index in [9.17, 15) is 9.18 Å². The van der Waals surface area contributed by atoms with Crippen molar-refractivity contribution in [3.63, 3.8) is 0 Å². The van der Waals surface area contributed by atoms with Gasteiger partial charge in [-0.05, 0) is 42.3 Å². The van der Waals surface area contributed by atoms with E-state index < -0.39 is 0 Å². The van der Waals surface area contributed by atoms with Gasteiger partial charge in [0, 0.05) is 29.4 Å². The zero-order chi connectivity index (χ0) is 13.4. The molecular weight excluding hydrogens is 241 g/mol. The Hall–Kier alpha value is -2.29. The number of benzene rings is 1. The maximum atomic E-state index is 13.2. The molecule has 0 radical (unpaired) electrons. The van der Waals surface area contributed by atoms with Gasteiger partial charge >= 0.3 is 0 Å². The average Bonchev–Trinajstić information content (AvgIpc) is 2.70. The number of carbonyl (C=O) groups excluding carboxylic acids is 1. The number of ketones is 1. The molecule has 1 aliphatic carbocycles. The second-order valence-corrected chi connectivity index (χ2v) is 4.65. The van der Waals surface area contributed by atoms with E-state index in [1.54, 1.807) is 12.3 Å². The lowest BCUT2D eigenvalue weighted by Crippen LogP contribution is -1.96. The van der Waals surface area contributed by atoms with Crippen LogP contribution in [0.1, 0.15) is 27.2 Å². The molecule has 2 nitrogen and oxygen atoms in total. The maximum absolute atomic E-state index is 13.2. The van der Waals surface area contributed by atoms with Crippen LogP contribution in [0.15, 0.2) is 42.1 Å². The van der Waals surface area contributed by atoms with Crippen LogP contribution in [-0.4, -0.2) is 10.8 Å². The van der Waals surface area contributed by atoms with E-state index in [1.807, 2.05) is 25.1 Å². The fourth-order valence-electron chi connectivity index (χ4n) is 2.33. The summed E-state index contributed by atoms with van der Waals surface area (Å²) < 4.78 is 13.2. The SMILES string of the molecule is Cc1ncccc1C=C1Cc2ccc(F)cc2C1=O. The van der Waals surface area contributed by atoms with Gasteiger partial charge in [0.25, 0.3) is 0 Å². The number of fused-ring (bicyclic) bond motifs is 1. The first kappa shape index (κ1) is 11.8. The topological polar surface area (TPSA) is 30.0 Å². The second-order valence-electron chi connectivity index (χ2n) is 4.65. The number of hydrogen-bond donors (Lipinski definition) is 0. The minimum atomic E-state index is -0.370. The van der Waals surface area contributed by atoms with Crippen molar-refractivity contribution in [2.24, 2.45) is 0 Å². The number of allylic oxidation sites excluding steroid dienone is 1. The molecule has 0 amide bonds. The van der Waals surface area contributed by atoms with Gasteiger partial charge in [-0.1, -0.05) is 12.1 Å².